The summed E-state index contributed by atoms with van der Waals surface area (Å²) in [4.78, 5) is 17.8. The van der Waals surface area contributed by atoms with Gasteiger partial charge in [0.25, 0.3) is 5.56 Å². The van der Waals surface area contributed by atoms with Crippen LogP contribution in [-0.4, -0.2) is 9.55 Å². The highest BCUT2D eigenvalue weighted by Crippen LogP contribution is 2.25. The number of nitrogens with one attached hydrogen (secondary N) is 1. The maximum absolute atomic E-state index is 12.4. The van der Waals surface area contributed by atoms with E-state index in [1.165, 1.54) is 4.88 Å². The molecule has 2 aromatic rings. The van der Waals surface area contributed by atoms with E-state index in [1.807, 2.05) is 19.9 Å². The van der Waals surface area contributed by atoms with Gasteiger partial charge in [-0.3, -0.25) is 4.79 Å². The van der Waals surface area contributed by atoms with Crippen LogP contribution in [0.1, 0.15) is 50.6 Å². The maximum atomic E-state index is 12.4. The fourth-order valence-electron chi connectivity index (χ4n) is 2.16. The number of aromatic nitrogens is 2. The zero-order valence-corrected chi connectivity index (χ0v) is 13.0. The summed E-state index contributed by atoms with van der Waals surface area (Å²) in [7, 11) is 0. The van der Waals surface area contributed by atoms with Crippen molar-refractivity contribution in [3.63, 3.8) is 0 Å². The van der Waals surface area contributed by atoms with Gasteiger partial charge in [-0.25, -0.2) is 4.98 Å². The van der Waals surface area contributed by atoms with Crippen LogP contribution in [0.25, 0.3) is 0 Å². The van der Waals surface area contributed by atoms with Gasteiger partial charge < -0.3 is 9.88 Å². The molecule has 0 aromatic carbocycles. The second-order valence-corrected chi connectivity index (χ2v) is 6.06. The molecule has 0 aliphatic rings. The number of hydrogen-bond acceptors (Lipinski definition) is 4. The van der Waals surface area contributed by atoms with Gasteiger partial charge in [-0.1, -0.05) is 19.4 Å². The molecule has 0 radical (unpaired) electrons. The molecule has 0 saturated carbocycles. The van der Waals surface area contributed by atoms with Gasteiger partial charge in [0.05, 0.1) is 6.04 Å². The van der Waals surface area contributed by atoms with Crippen LogP contribution in [0.3, 0.4) is 0 Å². The van der Waals surface area contributed by atoms with Gasteiger partial charge in [-0.2, -0.15) is 0 Å². The van der Waals surface area contributed by atoms with Crippen molar-refractivity contribution in [2.24, 2.45) is 0 Å². The minimum atomic E-state index is -0.0554. The third-order valence-corrected chi connectivity index (χ3v) is 4.19. The predicted molar refractivity (Wildman–Crippen MR) is 84.5 cm³/mol. The Hall–Kier alpha value is -1.62. The van der Waals surface area contributed by atoms with Gasteiger partial charge in [0.2, 0.25) is 0 Å². The molecule has 2 heterocycles. The van der Waals surface area contributed by atoms with E-state index in [2.05, 4.69) is 28.7 Å². The Morgan fingerprint density at radius 1 is 1.45 bits per heavy atom. The topological polar surface area (TPSA) is 46.9 Å². The molecular formula is C15H21N3OS. The summed E-state index contributed by atoms with van der Waals surface area (Å²) in [5, 5.41) is 5.37. The number of hydrogen-bond donors (Lipinski definition) is 1. The lowest BCUT2D eigenvalue weighted by atomic mass is 10.1. The van der Waals surface area contributed by atoms with Crippen LogP contribution < -0.4 is 10.9 Å². The van der Waals surface area contributed by atoms with Gasteiger partial charge >= 0.3 is 0 Å². The van der Waals surface area contributed by atoms with Crippen LogP contribution in [0.2, 0.25) is 0 Å². The average molecular weight is 291 g/mol. The van der Waals surface area contributed by atoms with E-state index in [-0.39, 0.29) is 17.6 Å². The Labute approximate surface area is 123 Å². The van der Waals surface area contributed by atoms with Gasteiger partial charge in [-0.05, 0) is 31.7 Å². The van der Waals surface area contributed by atoms with E-state index in [0.717, 1.165) is 12.8 Å². The molecule has 20 heavy (non-hydrogen) atoms. The molecule has 0 bridgehead atoms. The Balaban J connectivity index is 2.28. The Morgan fingerprint density at radius 2 is 2.25 bits per heavy atom. The fourth-order valence-corrected chi connectivity index (χ4v) is 2.97. The first-order chi connectivity index (χ1) is 9.63. The van der Waals surface area contributed by atoms with Gasteiger partial charge in [0, 0.05) is 23.3 Å². The zero-order valence-electron chi connectivity index (χ0n) is 12.2. The molecule has 5 heteroatoms. The summed E-state index contributed by atoms with van der Waals surface area (Å²) in [5.74, 6) is 0.438. The molecule has 0 saturated heterocycles. The zero-order chi connectivity index (χ0) is 14.5. The first-order valence-corrected chi connectivity index (χ1v) is 7.88. The molecule has 4 nitrogen and oxygen atoms in total. The molecule has 1 atom stereocenters. The standard InChI is InChI=1S/C15H21N3OS/c1-4-6-12(13-7-5-10-20-13)17-14-15(19)18(11(2)3)9-8-16-14/h5,7-12H,4,6H2,1-3H3,(H,16,17). The Kier molecular flexibility index (Phi) is 4.95. The van der Waals surface area contributed by atoms with E-state index >= 15 is 0 Å². The van der Waals surface area contributed by atoms with Crippen molar-refractivity contribution in [1.29, 1.82) is 0 Å². The average Bonchev–Trinajstić information content (AvgIpc) is 2.94. The number of rotatable bonds is 6. The molecule has 108 valence electrons. The monoisotopic (exact) mass is 291 g/mol. The highest BCUT2D eigenvalue weighted by atomic mass is 32.1. The highest BCUT2D eigenvalue weighted by molar-refractivity contribution is 7.10. The van der Waals surface area contributed by atoms with Crippen molar-refractivity contribution in [2.45, 2.75) is 45.7 Å². The summed E-state index contributed by atoms with van der Waals surface area (Å²) in [6.07, 6.45) is 5.46. The third-order valence-electron chi connectivity index (χ3n) is 3.20. The van der Waals surface area contributed by atoms with Gasteiger partial charge in [0.1, 0.15) is 0 Å². The molecule has 1 unspecified atom stereocenters. The molecule has 0 spiro atoms. The van der Waals surface area contributed by atoms with Crippen molar-refractivity contribution in [1.82, 2.24) is 9.55 Å². The van der Waals surface area contributed by atoms with Crippen LogP contribution in [-0.2, 0) is 0 Å². The summed E-state index contributed by atoms with van der Waals surface area (Å²) in [6, 6.07) is 4.43. The second-order valence-electron chi connectivity index (χ2n) is 5.08. The largest absolute Gasteiger partial charge is 0.358 e. The van der Waals surface area contributed by atoms with Crippen LogP contribution in [0, 0.1) is 0 Å². The van der Waals surface area contributed by atoms with Crippen molar-refractivity contribution in [2.75, 3.05) is 5.32 Å². The van der Waals surface area contributed by atoms with E-state index in [9.17, 15) is 4.79 Å². The van der Waals surface area contributed by atoms with Crippen LogP contribution in [0.4, 0.5) is 5.82 Å². The Morgan fingerprint density at radius 3 is 2.85 bits per heavy atom. The third kappa shape index (κ3) is 3.28. The molecule has 0 fully saturated rings. The molecule has 2 aromatic heterocycles. The first kappa shape index (κ1) is 14.8. The predicted octanol–water partition coefficient (Wildman–Crippen LogP) is 3.84. The van der Waals surface area contributed by atoms with Crippen molar-refractivity contribution >= 4 is 17.2 Å². The second kappa shape index (κ2) is 6.70. The minimum Gasteiger partial charge on any atom is -0.358 e. The van der Waals surface area contributed by atoms with Crippen LogP contribution in [0.5, 0.6) is 0 Å². The van der Waals surface area contributed by atoms with E-state index in [1.54, 1.807) is 28.3 Å². The first-order valence-electron chi connectivity index (χ1n) is 7.00. The van der Waals surface area contributed by atoms with Crippen molar-refractivity contribution in [3.05, 3.63) is 45.1 Å². The van der Waals surface area contributed by atoms with Crippen molar-refractivity contribution < 1.29 is 0 Å². The number of anilines is 1. The van der Waals surface area contributed by atoms with E-state index in [0.29, 0.717) is 5.82 Å². The van der Waals surface area contributed by atoms with E-state index < -0.39 is 0 Å². The molecule has 0 aliphatic carbocycles. The molecule has 0 amide bonds. The summed E-state index contributed by atoms with van der Waals surface area (Å²) < 4.78 is 1.70. The van der Waals surface area contributed by atoms with Gasteiger partial charge in [0.15, 0.2) is 5.82 Å². The number of thiophene rings is 1. The Bertz CT molecular complexity index is 589. The highest BCUT2D eigenvalue weighted by Gasteiger charge is 2.15. The molecule has 1 N–H and O–H groups in total. The lowest BCUT2D eigenvalue weighted by molar-refractivity contribution is 0.572. The molecule has 0 aliphatic heterocycles. The SMILES string of the molecule is CCCC(Nc1nccn(C(C)C)c1=O)c1cccs1. The van der Waals surface area contributed by atoms with Crippen LogP contribution in [0.15, 0.2) is 34.7 Å². The quantitative estimate of drug-likeness (QED) is 0.879. The lowest BCUT2D eigenvalue weighted by Crippen LogP contribution is -2.27. The van der Waals surface area contributed by atoms with Crippen LogP contribution >= 0.6 is 11.3 Å². The summed E-state index contributed by atoms with van der Waals surface area (Å²) in [6.45, 7) is 6.13. The normalized spacial score (nSPS) is 12.6. The van der Waals surface area contributed by atoms with Gasteiger partial charge in [-0.15, -0.1) is 11.3 Å². The van der Waals surface area contributed by atoms with Crippen molar-refractivity contribution in [3.8, 4) is 0 Å². The smallest absolute Gasteiger partial charge is 0.293 e. The van der Waals surface area contributed by atoms with E-state index in [4.69, 9.17) is 0 Å². The lowest BCUT2D eigenvalue weighted by Gasteiger charge is -2.18. The fraction of sp³-hybridized carbons (Fsp3) is 0.467. The number of nitrogens with zero attached hydrogens (tertiary/aromatic N) is 2. The molecule has 2 rings (SSSR count). The summed E-state index contributed by atoms with van der Waals surface area (Å²) in [5.41, 5.74) is -0.0554. The minimum absolute atomic E-state index is 0.0554. The molecular weight excluding hydrogens is 270 g/mol. The summed E-state index contributed by atoms with van der Waals surface area (Å²) >= 11 is 1.71. The maximum Gasteiger partial charge on any atom is 0.293 e.